The molecule has 0 aliphatic rings. The number of carbonyl (C=O) groups is 1. The highest BCUT2D eigenvalue weighted by Crippen LogP contribution is 2.26. The van der Waals surface area contributed by atoms with Gasteiger partial charge in [-0.05, 0) is 29.5 Å². The van der Waals surface area contributed by atoms with Crippen LogP contribution < -0.4 is 5.73 Å². The summed E-state index contributed by atoms with van der Waals surface area (Å²) in [6.07, 6.45) is 0. The van der Waals surface area contributed by atoms with Gasteiger partial charge in [-0.15, -0.1) is 0 Å². The second kappa shape index (κ2) is 5.07. The molecule has 88 valence electrons. The van der Waals surface area contributed by atoms with Crippen molar-refractivity contribution in [3.8, 4) is 0 Å². The summed E-state index contributed by atoms with van der Waals surface area (Å²) in [6.45, 7) is 3.67. The molecule has 0 radical (unpaired) electrons. The van der Waals surface area contributed by atoms with Gasteiger partial charge in [0.2, 0.25) is 0 Å². The quantitative estimate of drug-likeness (QED) is 0.823. The Labute approximate surface area is 94.1 Å². The standard InChI is InChI=1S/C12H16FNO2/c1-7(8(2)11(14)12(15)16)9-3-5-10(13)6-4-9/h3-8,11H,14H2,1-2H3,(H,15,16). The van der Waals surface area contributed by atoms with E-state index in [0.717, 1.165) is 5.56 Å². The molecule has 3 N–H and O–H groups in total. The fourth-order valence-electron chi connectivity index (χ4n) is 1.61. The van der Waals surface area contributed by atoms with E-state index in [0.29, 0.717) is 0 Å². The molecule has 0 bridgehead atoms. The number of carboxylic acids is 1. The molecule has 16 heavy (non-hydrogen) atoms. The van der Waals surface area contributed by atoms with E-state index in [9.17, 15) is 9.18 Å². The maximum absolute atomic E-state index is 12.7. The van der Waals surface area contributed by atoms with E-state index in [1.165, 1.54) is 12.1 Å². The summed E-state index contributed by atoms with van der Waals surface area (Å²) >= 11 is 0. The van der Waals surface area contributed by atoms with Crippen LogP contribution in [-0.2, 0) is 4.79 Å². The molecule has 0 heterocycles. The van der Waals surface area contributed by atoms with Crippen molar-refractivity contribution >= 4 is 5.97 Å². The Morgan fingerprint density at radius 3 is 2.25 bits per heavy atom. The van der Waals surface area contributed by atoms with Crippen LogP contribution in [0.3, 0.4) is 0 Å². The molecule has 0 saturated carbocycles. The van der Waals surface area contributed by atoms with Crippen LogP contribution in [0.15, 0.2) is 24.3 Å². The monoisotopic (exact) mass is 225 g/mol. The molecule has 3 unspecified atom stereocenters. The number of hydrogen-bond donors (Lipinski definition) is 2. The molecule has 0 saturated heterocycles. The number of nitrogens with two attached hydrogens (primary N) is 1. The molecule has 0 aliphatic heterocycles. The van der Waals surface area contributed by atoms with Crippen molar-refractivity contribution in [3.05, 3.63) is 35.6 Å². The molecule has 1 rings (SSSR count). The predicted molar refractivity (Wildman–Crippen MR) is 59.6 cm³/mol. The van der Waals surface area contributed by atoms with Gasteiger partial charge in [0.1, 0.15) is 11.9 Å². The Morgan fingerprint density at radius 2 is 1.81 bits per heavy atom. The highest BCUT2D eigenvalue weighted by molar-refractivity contribution is 5.73. The second-order valence-corrected chi connectivity index (χ2v) is 4.06. The smallest absolute Gasteiger partial charge is 0.320 e. The van der Waals surface area contributed by atoms with Crippen LogP contribution in [0.2, 0.25) is 0 Å². The number of carboxylic acid groups (broad SMARTS) is 1. The lowest BCUT2D eigenvalue weighted by Crippen LogP contribution is -2.38. The zero-order valence-electron chi connectivity index (χ0n) is 9.35. The van der Waals surface area contributed by atoms with Gasteiger partial charge in [-0.25, -0.2) is 4.39 Å². The summed E-state index contributed by atoms with van der Waals surface area (Å²) in [5.74, 6) is -1.54. The van der Waals surface area contributed by atoms with Gasteiger partial charge in [-0.1, -0.05) is 26.0 Å². The Hall–Kier alpha value is -1.42. The Morgan fingerprint density at radius 1 is 1.31 bits per heavy atom. The van der Waals surface area contributed by atoms with Gasteiger partial charge in [0, 0.05) is 0 Å². The second-order valence-electron chi connectivity index (χ2n) is 4.06. The topological polar surface area (TPSA) is 63.3 Å². The van der Waals surface area contributed by atoms with Crippen LogP contribution >= 0.6 is 0 Å². The molecule has 3 nitrogen and oxygen atoms in total. The lowest BCUT2D eigenvalue weighted by Gasteiger charge is -2.23. The van der Waals surface area contributed by atoms with Crippen LogP contribution in [-0.4, -0.2) is 17.1 Å². The highest BCUT2D eigenvalue weighted by Gasteiger charge is 2.25. The first kappa shape index (κ1) is 12.6. The number of rotatable bonds is 4. The van der Waals surface area contributed by atoms with Crippen molar-refractivity contribution in [1.29, 1.82) is 0 Å². The van der Waals surface area contributed by atoms with Crippen molar-refractivity contribution in [2.24, 2.45) is 11.7 Å². The zero-order valence-corrected chi connectivity index (χ0v) is 9.35. The van der Waals surface area contributed by atoms with E-state index in [1.54, 1.807) is 19.1 Å². The van der Waals surface area contributed by atoms with Crippen LogP contribution in [0.4, 0.5) is 4.39 Å². The maximum Gasteiger partial charge on any atom is 0.320 e. The Bertz CT molecular complexity index is 364. The first-order valence-electron chi connectivity index (χ1n) is 5.17. The van der Waals surface area contributed by atoms with Crippen molar-refractivity contribution in [3.63, 3.8) is 0 Å². The average Bonchev–Trinajstić information content (AvgIpc) is 2.27. The molecule has 0 amide bonds. The van der Waals surface area contributed by atoms with Crippen LogP contribution in [0.5, 0.6) is 0 Å². The van der Waals surface area contributed by atoms with Gasteiger partial charge < -0.3 is 10.8 Å². The first-order chi connectivity index (χ1) is 7.43. The lowest BCUT2D eigenvalue weighted by molar-refractivity contribution is -0.139. The predicted octanol–water partition coefficient (Wildman–Crippen LogP) is 1.98. The van der Waals surface area contributed by atoms with E-state index >= 15 is 0 Å². The van der Waals surface area contributed by atoms with Gasteiger partial charge in [0.25, 0.3) is 0 Å². The summed E-state index contributed by atoms with van der Waals surface area (Å²) in [5.41, 5.74) is 6.45. The summed E-state index contributed by atoms with van der Waals surface area (Å²) < 4.78 is 12.7. The molecule has 3 atom stereocenters. The lowest BCUT2D eigenvalue weighted by atomic mass is 9.84. The van der Waals surface area contributed by atoms with Gasteiger partial charge in [0.05, 0.1) is 0 Å². The largest absolute Gasteiger partial charge is 0.480 e. The number of benzene rings is 1. The highest BCUT2D eigenvalue weighted by atomic mass is 19.1. The van der Waals surface area contributed by atoms with Crippen molar-refractivity contribution in [2.45, 2.75) is 25.8 Å². The fourth-order valence-corrected chi connectivity index (χ4v) is 1.61. The fraction of sp³-hybridized carbons (Fsp3) is 0.417. The van der Waals surface area contributed by atoms with E-state index in [-0.39, 0.29) is 17.7 Å². The van der Waals surface area contributed by atoms with Crippen LogP contribution in [0.1, 0.15) is 25.3 Å². The average molecular weight is 225 g/mol. The number of hydrogen-bond acceptors (Lipinski definition) is 2. The van der Waals surface area contributed by atoms with E-state index < -0.39 is 12.0 Å². The molecule has 0 aromatic heterocycles. The van der Waals surface area contributed by atoms with Crippen LogP contribution in [0, 0.1) is 11.7 Å². The molecule has 1 aromatic carbocycles. The number of aliphatic carboxylic acids is 1. The van der Waals surface area contributed by atoms with Gasteiger partial charge >= 0.3 is 5.97 Å². The summed E-state index contributed by atoms with van der Waals surface area (Å²) in [7, 11) is 0. The van der Waals surface area contributed by atoms with E-state index in [2.05, 4.69) is 0 Å². The molecule has 1 aromatic rings. The normalized spacial score (nSPS) is 16.5. The Kier molecular flexibility index (Phi) is 4.01. The SMILES string of the molecule is CC(c1ccc(F)cc1)C(C)C(N)C(=O)O. The molecular weight excluding hydrogens is 209 g/mol. The third-order valence-electron chi connectivity index (χ3n) is 3.04. The molecule has 4 heteroatoms. The Balaban J connectivity index is 2.81. The zero-order chi connectivity index (χ0) is 12.3. The van der Waals surface area contributed by atoms with E-state index in [1.807, 2.05) is 6.92 Å². The molecule has 0 spiro atoms. The van der Waals surface area contributed by atoms with Crippen molar-refractivity contribution in [2.75, 3.05) is 0 Å². The summed E-state index contributed by atoms with van der Waals surface area (Å²) in [5, 5.41) is 8.81. The minimum atomic E-state index is -1.01. The summed E-state index contributed by atoms with van der Waals surface area (Å²) in [6, 6.07) is 5.14. The minimum Gasteiger partial charge on any atom is -0.480 e. The summed E-state index contributed by atoms with van der Waals surface area (Å²) in [4.78, 5) is 10.7. The third-order valence-corrected chi connectivity index (χ3v) is 3.04. The van der Waals surface area contributed by atoms with Crippen LogP contribution in [0.25, 0.3) is 0 Å². The first-order valence-corrected chi connectivity index (χ1v) is 5.17. The van der Waals surface area contributed by atoms with Crippen molar-refractivity contribution in [1.82, 2.24) is 0 Å². The van der Waals surface area contributed by atoms with E-state index in [4.69, 9.17) is 10.8 Å². The number of halogens is 1. The molecule has 0 fully saturated rings. The minimum absolute atomic E-state index is 0.0216. The third kappa shape index (κ3) is 2.79. The van der Waals surface area contributed by atoms with Gasteiger partial charge in [0.15, 0.2) is 0 Å². The van der Waals surface area contributed by atoms with Crippen molar-refractivity contribution < 1.29 is 14.3 Å². The maximum atomic E-state index is 12.7. The molecular formula is C12H16FNO2. The van der Waals surface area contributed by atoms with Gasteiger partial charge in [-0.3, -0.25) is 4.79 Å². The van der Waals surface area contributed by atoms with Gasteiger partial charge in [-0.2, -0.15) is 0 Å². The molecule has 0 aliphatic carbocycles.